The van der Waals surface area contributed by atoms with Crippen molar-refractivity contribution in [1.82, 2.24) is 41.3 Å². The van der Waals surface area contributed by atoms with Crippen LogP contribution in [-0.4, -0.2) is 190 Å². The second-order valence-corrected chi connectivity index (χ2v) is 24.2. The van der Waals surface area contributed by atoms with E-state index in [1.54, 1.807) is 43.1 Å². The van der Waals surface area contributed by atoms with Gasteiger partial charge in [0, 0.05) is 59.1 Å². The van der Waals surface area contributed by atoms with E-state index in [-0.39, 0.29) is 86.6 Å². The Morgan fingerprint density at radius 3 is 2.18 bits per heavy atom. The van der Waals surface area contributed by atoms with E-state index >= 15 is 0 Å². The number of unbranched alkanes of at least 4 members (excludes halogenated alkanes) is 2. The highest BCUT2D eigenvalue weighted by Gasteiger charge is 2.52. The second-order valence-electron chi connectivity index (χ2n) is 22.5. The van der Waals surface area contributed by atoms with Crippen molar-refractivity contribution in [1.29, 1.82) is 0 Å². The zero-order valence-corrected chi connectivity index (χ0v) is 50.4. The minimum atomic E-state index is -3.79. The third-order valence-electron chi connectivity index (χ3n) is 16.6. The summed E-state index contributed by atoms with van der Waals surface area (Å²) in [7, 11) is 0.717. The number of methoxy groups -OCH3 is 2. The van der Waals surface area contributed by atoms with Gasteiger partial charge in [0.2, 0.25) is 51.4 Å². The number of nitrogens with two attached hydrogens (primary N) is 2. The first-order valence-electron chi connectivity index (χ1n) is 29.2. The number of sulfonamides is 1. The fraction of sp³-hybridized carbons (Fsp3) is 0.667. The topological polar surface area (TPSA) is 384 Å². The van der Waals surface area contributed by atoms with Crippen LogP contribution in [0.15, 0.2) is 36.4 Å². The number of fused-ring (bicyclic) bond motifs is 2. The molecule has 2 bridgehead atoms. The van der Waals surface area contributed by atoms with Gasteiger partial charge in [-0.15, -0.1) is 0 Å². The van der Waals surface area contributed by atoms with Crippen molar-refractivity contribution in [2.24, 2.45) is 34.5 Å². The number of rotatable bonds is 34. The number of likely N-dealkylation sites (N-methyl/N-ethyl adjacent to an activating group) is 1. The highest BCUT2D eigenvalue weighted by Crippen LogP contribution is 2.43. The molecule has 10 amide bonds. The minimum absolute atomic E-state index is 0.102. The molecule has 28 heteroatoms. The monoisotopic (exact) mass is 1210 g/mol. The molecule has 2 aliphatic heterocycles. The van der Waals surface area contributed by atoms with Gasteiger partial charge in [-0.3, -0.25) is 48.1 Å². The van der Waals surface area contributed by atoms with E-state index < -0.39 is 119 Å². The van der Waals surface area contributed by atoms with Crippen LogP contribution in [0.1, 0.15) is 116 Å². The number of piperidine rings is 1. The van der Waals surface area contributed by atoms with Gasteiger partial charge in [-0.25, -0.2) is 23.1 Å². The van der Waals surface area contributed by atoms with Gasteiger partial charge >= 0.3 is 12.1 Å². The van der Waals surface area contributed by atoms with Gasteiger partial charge < -0.3 is 61.6 Å². The van der Waals surface area contributed by atoms with Crippen LogP contribution in [-0.2, 0) is 74.0 Å². The third kappa shape index (κ3) is 20.3. The molecule has 4 aliphatic rings. The number of allylic oxidation sites excluding steroid dienone is 2. The molecule has 0 radical (unpaired) electrons. The van der Waals surface area contributed by atoms with Crippen LogP contribution in [0.5, 0.6) is 0 Å². The largest absolute Gasteiger partial charge is 0.445 e. The SMILES string of the molecule is CC[C@H](C)[C@@H]([C@@H](CC(=O)N1CCC[C@H]1[C@H](OC)[C@@H](C)C(=O)NCCS(N)(=O)=O)OC)N(C)C(=O)CNC(=O)[C@@H]1[C@H]2CC[C@H](C2)N1C(=O)OCc1ccc(NC(=O)[C@H](CCCNC(N)=O)NC(=O)CNC(=O)CCCCCC2C(=O)C=CC2=O)cc1. The molecular weight excluding hydrogens is 1130 g/mol. The summed E-state index contributed by atoms with van der Waals surface area (Å²) in [5, 5.41) is 20.8. The predicted molar refractivity (Wildman–Crippen MR) is 310 cm³/mol. The number of primary sulfonamides is 1. The van der Waals surface area contributed by atoms with Crippen LogP contribution < -0.4 is 42.8 Å². The van der Waals surface area contributed by atoms with Crippen molar-refractivity contribution in [2.45, 2.75) is 160 Å². The number of nitrogens with one attached hydrogen (secondary N) is 6. The van der Waals surface area contributed by atoms with E-state index in [0.717, 1.165) is 0 Å². The summed E-state index contributed by atoms with van der Waals surface area (Å²) >= 11 is 0. The summed E-state index contributed by atoms with van der Waals surface area (Å²) in [5.74, 6) is -5.83. The van der Waals surface area contributed by atoms with E-state index in [0.29, 0.717) is 82.0 Å². The van der Waals surface area contributed by atoms with Crippen LogP contribution in [0, 0.1) is 23.7 Å². The number of anilines is 1. The van der Waals surface area contributed by atoms with Gasteiger partial charge in [-0.1, -0.05) is 52.2 Å². The fourth-order valence-corrected chi connectivity index (χ4v) is 12.2. The van der Waals surface area contributed by atoms with Crippen molar-refractivity contribution < 1.29 is 75.4 Å². The molecule has 0 aromatic heterocycles. The molecule has 2 saturated heterocycles. The Hall–Kier alpha value is -7.04. The minimum Gasteiger partial charge on any atom is -0.445 e. The first-order chi connectivity index (χ1) is 40.4. The zero-order chi connectivity index (χ0) is 62.5. The molecule has 1 aromatic rings. The van der Waals surface area contributed by atoms with E-state index in [9.17, 15) is 61.2 Å². The van der Waals surface area contributed by atoms with E-state index in [2.05, 4.69) is 31.9 Å². The summed E-state index contributed by atoms with van der Waals surface area (Å²) in [6.45, 7) is 4.91. The van der Waals surface area contributed by atoms with Crippen molar-refractivity contribution >= 4 is 80.8 Å². The maximum atomic E-state index is 14.1. The molecule has 1 saturated carbocycles. The summed E-state index contributed by atoms with van der Waals surface area (Å²) in [6.07, 6.45) is 6.63. The summed E-state index contributed by atoms with van der Waals surface area (Å²) in [4.78, 5) is 147. The lowest BCUT2D eigenvalue weighted by Crippen LogP contribution is -2.56. The van der Waals surface area contributed by atoms with Gasteiger partial charge in [0.1, 0.15) is 18.7 Å². The summed E-state index contributed by atoms with van der Waals surface area (Å²) in [6, 6.07) is 2.37. The van der Waals surface area contributed by atoms with E-state index in [1.165, 1.54) is 36.2 Å². The van der Waals surface area contributed by atoms with Crippen molar-refractivity contribution in [3.63, 3.8) is 0 Å². The van der Waals surface area contributed by atoms with Gasteiger partial charge in [-0.05, 0) is 99.5 Å². The first-order valence-corrected chi connectivity index (χ1v) is 31.0. The molecule has 10 N–H and O–H groups in total. The normalized spacial score (nSPS) is 20.4. The molecule has 85 heavy (non-hydrogen) atoms. The first kappa shape index (κ1) is 68.7. The lowest BCUT2D eigenvalue weighted by atomic mass is 9.90. The van der Waals surface area contributed by atoms with Gasteiger partial charge in [0.25, 0.3) is 0 Å². The molecule has 3 fully saturated rings. The number of hydrogen-bond acceptors (Lipinski definition) is 16. The quantitative estimate of drug-likeness (QED) is 0.0351. The molecule has 27 nitrogen and oxygen atoms in total. The molecule has 5 rings (SSSR count). The highest BCUT2D eigenvalue weighted by atomic mass is 32.2. The Bertz CT molecular complexity index is 2680. The Morgan fingerprint density at radius 2 is 1.53 bits per heavy atom. The molecule has 0 unspecified atom stereocenters. The number of ether oxygens (including phenoxy) is 3. The van der Waals surface area contributed by atoms with Crippen LogP contribution in [0.25, 0.3) is 0 Å². The Labute approximate surface area is 496 Å². The molecular formula is C57H87N11O16S. The number of hydrogen-bond donors (Lipinski definition) is 8. The lowest BCUT2D eigenvalue weighted by molar-refractivity contribution is -0.145. The summed E-state index contributed by atoms with van der Waals surface area (Å²) < 4.78 is 40.3. The molecule has 2 aliphatic carbocycles. The third-order valence-corrected chi connectivity index (χ3v) is 17.4. The number of carbonyl (C=O) groups excluding carboxylic acids is 11. The lowest BCUT2D eigenvalue weighted by Gasteiger charge is -2.39. The highest BCUT2D eigenvalue weighted by molar-refractivity contribution is 7.89. The molecule has 0 spiro atoms. The van der Waals surface area contributed by atoms with Crippen molar-refractivity contribution in [3.8, 4) is 0 Å². The molecule has 472 valence electrons. The number of nitrogens with zero attached hydrogens (tertiary/aromatic N) is 3. The number of carbonyl (C=O) groups is 11. The van der Waals surface area contributed by atoms with Crippen LogP contribution in [0.3, 0.4) is 0 Å². The average molecular weight is 1210 g/mol. The van der Waals surface area contributed by atoms with Gasteiger partial charge in [-0.2, -0.15) is 0 Å². The number of urea groups is 1. The smallest absolute Gasteiger partial charge is 0.411 e. The van der Waals surface area contributed by atoms with Crippen LogP contribution in [0.2, 0.25) is 0 Å². The van der Waals surface area contributed by atoms with Crippen LogP contribution in [0.4, 0.5) is 15.3 Å². The number of ketones is 2. The number of primary amides is 1. The molecule has 1 aromatic carbocycles. The number of amides is 10. The summed E-state index contributed by atoms with van der Waals surface area (Å²) in [5.41, 5.74) is 6.09. The Balaban J connectivity index is 1.11. The van der Waals surface area contributed by atoms with Crippen molar-refractivity contribution in [2.75, 3.05) is 65.1 Å². The second kappa shape index (κ2) is 33.0. The van der Waals surface area contributed by atoms with E-state index in [4.69, 9.17) is 25.1 Å². The van der Waals surface area contributed by atoms with Gasteiger partial charge in [0.15, 0.2) is 11.6 Å². The van der Waals surface area contributed by atoms with Crippen molar-refractivity contribution in [3.05, 3.63) is 42.0 Å². The van der Waals surface area contributed by atoms with E-state index in [1.807, 2.05) is 13.8 Å². The molecule has 2 heterocycles. The molecule has 10 atom stereocenters. The fourth-order valence-electron chi connectivity index (χ4n) is 11.8. The maximum Gasteiger partial charge on any atom is 0.411 e. The standard InChI is InChI=1S/C57H87N11O16S/c1-7-34(2)50(45(82-5)30-48(73)67-27-12-15-42(67)52(83-6)35(3)53(75)60-26-28-85(59,80)81)66(4)49(74)32-63-55(77)51-37-19-22-39(29-37)68(51)57(79)84-33-36-17-20-38(21-18-36)64-54(76)41(14-11-25-61-56(58)78)65-47(72)31-62-46(71)16-10-8-9-13-40-43(69)23-24-44(40)70/h17-18,20-21,23-24,34-35,37,39-42,45,50-52H,7-16,19,22,25-33H2,1-6H3,(H,60,75)(H,62,71)(H,63,77)(H,64,76)(H,65,72)(H3,58,61,78)(H2,59,80,81)/t34-,35+,37-,39+,41-,42-,45+,50-,51-,52+/m0/s1. The zero-order valence-electron chi connectivity index (χ0n) is 49.6. The van der Waals surface area contributed by atoms with Gasteiger partial charge in [0.05, 0.1) is 61.4 Å². The average Bonchev–Trinajstić information content (AvgIpc) is 2.05. The van der Waals surface area contributed by atoms with Crippen LogP contribution >= 0.6 is 0 Å². The number of likely N-dealkylation sites (tertiary alicyclic amines) is 2. The Kier molecular flexibility index (Phi) is 26.7. The predicted octanol–water partition coefficient (Wildman–Crippen LogP) is 0.880. The number of benzene rings is 1. The maximum absolute atomic E-state index is 14.1. The Morgan fingerprint density at radius 1 is 0.824 bits per heavy atom.